The van der Waals surface area contributed by atoms with E-state index in [9.17, 15) is 9.90 Å². The molecule has 1 amide bonds. The number of carbonyl (C=O) groups excluding carboxylic acids is 1. The lowest BCUT2D eigenvalue weighted by atomic mass is 9.95. The summed E-state index contributed by atoms with van der Waals surface area (Å²) in [5, 5.41) is 12.9. The number of nitrogens with one attached hydrogen (secondary N) is 1. The molecule has 0 saturated carbocycles. The molecule has 110 valence electrons. The predicted molar refractivity (Wildman–Crippen MR) is 72.7 cm³/mol. The molecule has 0 radical (unpaired) electrons. The van der Waals surface area contributed by atoms with Gasteiger partial charge in [-0.15, -0.1) is 6.58 Å². The zero-order chi connectivity index (χ0) is 14.7. The third-order valence-corrected chi connectivity index (χ3v) is 2.98. The second-order valence-electron chi connectivity index (χ2n) is 6.05. The number of carbonyl (C=O) groups is 1. The minimum Gasteiger partial charge on any atom is -0.444 e. The van der Waals surface area contributed by atoms with Gasteiger partial charge in [-0.05, 0) is 34.1 Å². The Balaban J connectivity index is 2.50. The Bertz CT molecular complexity index is 337. The van der Waals surface area contributed by atoms with Gasteiger partial charge >= 0.3 is 6.09 Å². The van der Waals surface area contributed by atoms with Crippen molar-refractivity contribution in [3.8, 4) is 0 Å². The Hall–Kier alpha value is -1.07. The van der Waals surface area contributed by atoms with Crippen molar-refractivity contribution in [1.29, 1.82) is 0 Å². The predicted octanol–water partition coefficient (Wildman–Crippen LogP) is 2.34. The van der Waals surface area contributed by atoms with Crippen molar-refractivity contribution >= 4 is 6.09 Å². The number of hydrogen-bond donors (Lipinski definition) is 2. The normalized spacial score (nSPS) is 31.6. The van der Waals surface area contributed by atoms with Gasteiger partial charge in [0.1, 0.15) is 5.60 Å². The largest absolute Gasteiger partial charge is 0.444 e. The summed E-state index contributed by atoms with van der Waals surface area (Å²) in [5.74, 6) is -1.16. The van der Waals surface area contributed by atoms with Gasteiger partial charge in [0.05, 0.1) is 12.1 Å². The lowest BCUT2D eigenvalue weighted by Crippen LogP contribution is -2.53. The van der Waals surface area contributed by atoms with E-state index < -0.39 is 17.5 Å². The van der Waals surface area contributed by atoms with E-state index in [2.05, 4.69) is 11.9 Å². The molecule has 1 aliphatic rings. The van der Waals surface area contributed by atoms with Gasteiger partial charge in [0.2, 0.25) is 0 Å². The van der Waals surface area contributed by atoms with E-state index in [1.807, 2.05) is 27.7 Å². The van der Waals surface area contributed by atoms with Crippen LogP contribution in [0.5, 0.6) is 0 Å². The maximum atomic E-state index is 11.7. The summed E-state index contributed by atoms with van der Waals surface area (Å²) in [6.45, 7) is 10.9. The Morgan fingerprint density at radius 1 is 1.63 bits per heavy atom. The molecule has 1 saturated heterocycles. The van der Waals surface area contributed by atoms with Gasteiger partial charge in [-0.1, -0.05) is 6.08 Å². The maximum absolute atomic E-state index is 11.7. The first-order valence-corrected chi connectivity index (χ1v) is 6.66. The zero-order valence-corrected chi connectivity index (χ0v) is 12.2. The highest BCUT2D eigenvalue weighted by Crippen LogP contribution is 2.29. The third kappa shape index (κ3) is 5.20. The van der Waals surface area contributed by atoms with Crippen LogP contribution in [0.15, 0.2) is 12.7 Å². The highest BCUT2D eigenvalue weighted by atomic mass is 16.6. The summed E-state index contributed by atoms with van der Waals surface area (Å²) in [4.78, 5) is 11.7. The molecule has 0 aliphatic carbocycles. The van der Waals surface area contributed by atoms with E-state index in [0.29, 0.717) is 19.3 Å². The number of rotatable bonds is 3. The van der Waals surface area contributed by atoms with E-state index in [-0.39, 0.29) is 12.1 Å². The standard InChI is InChI=1S/C14H25NO4/c1-6-8-14(17)9-7-11(10(2)18-14)15-12(16)19-13(3,4)5/h6,10-11,17H,1,7-9H2,2-5H3,(H,15,16)/t10-,11-,14+/m1/s1. The first-order valence-electron chi connectivity index (χ1n) is 6.66. The Morgan fingerprint density at radius 2 is 2.26 bits per heavy atom. The molecule has 2 N–H and O–H groups in total. The second-order valence-corrected chi connectivity index (χ2v) is 6.05. The highest BCUT2D eigenvalue weighted by Gasteiger charge is 2.38. The molecule has 1 rings (SSSR count). The Morgan fingerprint density at radius 3 is 2.74 bits per heavy atom. The van der Waals surface area contributed by atoms with E-state index in [4.69, 9.17) is 9.47 Å². The van der Waals surface area contributed by atoms with Gasteiger partial charge < -0.3 is 19.9 Å². The summed E-state index contributed by atoms with van der Waals surface area (Å²) in [6.07, 6.45) is 2.40. The van der Waals surface area contributed by atoms with Crippen LogP contribution in [-0.2, 0) is 9.47 Å². The average Bonchev–Trinajstić information content (AvgIpc) is 2.20. The zero-order valence-electron chi connectivity index (χ0n) is 12.2. The Kier molecular flexibility index (Phi) is 4.98. The van der Waals surface area contributed by atoms with Crippen LogP contribution in [-0.4, -0.2) is 34.7 Å². The minimum atomic E-state index is -1.16. The molecule has 0 aromatic rings. The van der Waals surface area contributed by atoms with Crippen LogP contribution in [0.3, 0.4) is 0 Å². The number of alkyl carbamates (subject to hydrolysis) is 1. The SMILES string of the molecule is C=CC[C@@]1(O)CC[C@@H](NC(=O)OC(C)(C)C)[C@@H](C)O1. The topological polar surface area (TPSA) is 67.8 Å². The van der Waals surface area contributed by atoms with E-state index >= 15 is 0 Å². The van der Waals surface area contributed by atoms with Crippen molar-refractivity contribution in [3.63, 3.8) is 0 Å². The Labute approximate surface area is 115 Å². The third-order valence-electron chi connectivity index (χ3n) is 2.98. The minimum absolute atomic E-state index is 0.153. The highest BCUT2D eigenvalue weighted by molar-refractivity contribution is 5.68. The number of ether oxygens (including phenoxy) is 2. The molecule has 1 heterocycles. The fourth-order valence-electron chi connectivity index (χ4n) is 2.13. The van der Waals surface area contributed by atoms with Crippen molar-refractivity contribution in [2.45, 2.75) is 70.5 Å². The molecule has 0 aromatic carbocycles. The first-order chi connectivity index (χ1) is 8.65. The average molecular weight is 271 g/mol. The second kappa shape index (κ2) is 5.92. The van der Waals surface area contributed by atoms with Crippen LogP contribution in [0.1, 0.15) is 47.0 Å². The van der Waals surface area contributed by atoms with Gasteiger partial charge in [0, 0.05) is 12.8 Å². The summed E-state index contributed by atoms with van der Waals surface area (Å²) in [6, 6.07) is -0.153. The van der Waals surface area contributed by atoms with E-state index in [1.54, 1.807) is 6.08 Å². The van der Waals surface area contributed by atoms with Crippen LogP contribution in [0, 0.1) is 0 Å². The van der Waals surface area contributed by atoms with Crippen LogP contribution in [0.4, 0.5) is 4.79 Å². The maximum Gasteiger partial charge on any atom is 0.407 e. The number of aliphatic hydroxyl groups is 1. The first kappa shape index (κ1) is 16.0. The van der Waals surface area contributed by atoms with Crippen molar-refractivity contribution in [3.05, 3.63) is 12.7 Å². The smallest absolute Gasteiger partial charge is 0.407 e. The molecule has 0 unspecified atom stereocenters. The van der Waals surface area contributed by atoms with Gasteiger partial charge in [-0.2, -0.15) is 0 Å². The van der Waals surface area contributed by atoms with Crippen LogP contribution < -0.4 is 5.32 Å². The summed E-state index contributed by atoms with van der Waals surface area (Å²) < 4.78 is 10.8. The lowest BCUT2D eigenvalue weighted by Gasteiger charge is -2.40. The molecule has 19 heavy (non-hydrogen) atoms. The van der Waals surface area contributed by atoms with Crippen molar-refractivity contribution in [2.24, 2.45) is 0 Å². The van der Waals surface area contributed by atoms with Crippen molar-refractivity contribution in [2.75, 3.05) is 0 Å². The summed E-state index contributed by atoms with van der Waals surface area (Å²) in [5.41, 5.74) is -0.521. The molecule has 1 fully saturated rings. The van der Waals surface area contributed by atoms with Crippen LogP contribution in [0.25, 0.3) is 0 Å². The van der Waals surface area contributed by atoms with E-state index in [0.717, 1.165) is 0 Å². The van der Waals surface area contributed by atoms with Gasteiger partial charge in [-0.25, -0.2) is 4.79 Å². The molecule has 0 aromatic heterocycles. The van der Waals surface area contributed by atoms with Crippen molar-refractivity contribution in [1.82, 2.24) is 5.32 Å². The van der Waals surface area contributed by atoms with E-state index in [1.165, 1.54) is 0 Å². The van der Waals surface area contributed by atoms with Crippen LogP contribution >= 0.6 is 0 Å². The summed E-state index contributed by atoms with van der Waals surface area (Å²) >= 11 is 0. The molecular weight excluding hydrogens is 246 g/mol. The molecule has 5 nitrogen and oxygen atoms in total. The van der Waals surface area contributed by atoms with Gasteiger partial charge in [0.25, 0.3) is 0 Å². The fourth-order valence-corrected chi connectivity index (χ4v) is 2.13. The molecule has 0 spiro atoms. The monoisotopic (exact) mass is 271 g/mol. The number of amides is 1. The van der Waals surface area contributed by atoms with Gasteiger partial charge in [0.15, 0.2) is 5.79 Å². The fraction of sp³-hybridized carbons (Fsp3) is 0.786. The molecule has 1 aliphatic heterocycles. The van der Waals surface area contributed by atoms with Gasteiger partial charge in [-0.3, -0.25) is 0 Å². The molecule has 5 heteroatoms. The molecule has 3 atom stereocenters. The quantitative estimate of drug-likeness (QED) is 0.773. The molecular formula is C14H25NO4. The summed E-state index contributed by atoms with van der Waals surface area (Å²) in [7, 11) is 0. The lowest BCUT2D eigenvalue weighted by molar-refractivity contribution is -0.253. The van der Waals surface area contributed by atoms with Crippen LogP contribution in [0.2, 0.25) is 0 Å². The van der Waals surface area contributed by atoms with Crippen molar-refractivity contribution < 1.29 is 19.4 Å². The number of hydrogen-bond acceptors (Lipinski definition) is 4. The molecule has 0 bridgehead atoms.